The molecule has 1 aliphatic rings. The number of piperidine rings is 1. The van der Waals surface area contributed by atoms with Gasteiger partial charge in [-0.3, -0.25) is 4.90 Å². The molecule has 1 fully saturated rings. The fraction of sp³-hybridized carbons (Fsp3) is 0.500. The number of rotatable bonds is 4. The smallest absolute Gasteiger partial charge is 0.146 e. The summed E-state index contributed by atoms with van der Waals surface area (Å²) in [4.78, 5) is 2.45. The van der Waals surface area contributed by atoms with Crippen molar-refractivity contribution in [3.8, 4) is 0 Å². The zero-order valence-corrected chi connectivity index (χ0v) is 11.8. The Bertz CT molecular complexity index is 430. The third kappa shape index (κ3) is 4.35. The molecule has 0 bridgehead atoms. The molecule has 19 heavy (non-hydrogen) atoms. The number of para-hydroxylation sites is 1. The Kier molecular flexibility index (Phi) is 4.97. The van der Waals surface area contributed by atoms with Crippen molar-refractivity contribution in [3.05, 3.63) is 41.7 Å². The van der Waals surface area contributed by atoms with Crippen molar-refractivity contribution in [2.75, 3.05) is 25.0 Å². The first kappa shape index (κ1) is 14.1. The molecule has 1 heterocycles. The first-order chi connectivity index (χ1) is 9.15. The van der Waals surface area contributed by atoms with Crippen LogP contribution in [-0.4, -0.2) is 30.6 Å². The molecule has 1 aromatic carbocycles. The van der Waals surface area contributed by atoms with Gasteiger partial charge in [-0.15, -0.1) is 0 Å². The van der Waals surface area contributed by atoms with Crippen molar-refractivity contribution in [1.82, 2.24) is 4.90 Å². The van der Waals surface area contributed by atoms with E-state index in [4.69, 9.17) is 0 Å². The lowest BCUT2D eigenvalue weighted by Crippen LogP contribution is -2.39. The van der Waals surface area contributed by atoms with Gasteiger partial charge in [0, 0.05) is 25.7 Å². The Morgan fingerprint density at radius 1 is 1.32 bits per heavy atom. The van der Waals surface area contributed by atoms with Gasteiger partial charge in [-0.25, -0.2) is 4.39 Å². The van der Waals surface area contributed by atoms with Crippen molar-refractivity contribution >= 4 is 5.69 Å². The van der Waals surface area contributed by atoms with Crippen LogP contribution in [0.5, 0.6) is 0 Å². The number of anilines is 1. The van der Waals surface area contributed by atoms with Gasteiger partial charge in [0.05, 0.1) is 5.69 Å². The fourth-order valence-corrected chi connectivity index (χ4v) is 2.37. The van der Waals surface area contributed by atoms with Crippen molar-refractivity contribution in [2.45, 2.75) is 32.7 Å². The van der Waals surface area contributed by atoms with E-state index in [1.165, 1.54) is 11.6 Å². The summed E-state index contributed by atoms with van der Waals surface area (Å²) in [5.41, 5.74) is 2.00. The van der Waals surface area contributed by atoms with Gasteiger partial charge < -0.3 is 5.32 Å². The second kappa shape index (κ2) is 6.71. The molecule has 0 spiro atoms. The number of nitrogens with one attached hydrogen (secondary N) is 1. The molecule has 0 amide bonds. The van der Waals surface area contributed by atoms with E-state index < -0.39 is 0 Å². The lowest BCUT2D eigenvalue weighted by atomic mass is 10.0. The first-order valence-corrected chi connectivity index (χ1v) is 7.02. The molecule has 0 saturated carbocycles. The van der Waals surface area contributed by atoms with Gasteiger partial charge in [0.2, 0.25) is 0 Å². The van der Waals surface area contributed by atoms with E-state index in [9.17, 15) is 4.39 Å². The van der Waals surface area contributed by atoms with E-state index in [0.29, 0.717) is 11.7 Å². The third-order valence-corrected chi connectivity index (χ3v) is 3.58. The SMILES string of the molecule is CC(C)=CCN1CCC(Nc2ccccc2F)CC1. The molecular formula is C16H23FN2. The quantitative estimate of drug-likeness (QED) is 0.833. The summed E-state index contributed by atoms with van der Waals surface area (Å²) in [5.74, 6) is -0.158. The minimum absolute atomic E-state index is 0.158. The Labute approximate surface area is 115 Å². The number of likely N-dealkylation sites (tertiary alicyclic amines) is 1. The Morgan fingerprint density at radius 2 is 2.00 bits per heavy atom. The molecule has 104 valence electrons. The van der Waals surface area contributed by atoms with Crippen molar-refractivity contribution in [2.24, 2.45) is 0 Å². The van der Waals surface area contributed by atoms with E-state index in [-0.39, 0.29) is 5.82 Å². The van der Waals surface area contributed by atoms with Crippen LogP contribution in [0.4, 0.5) is 10.1 Å². The molecule has 1 aliphatic heterocycles. The summed E-state index contributed by atoms with van der Waals surface area (Å²) >= 11 is 0. The summed E-state index contributed by atoms with van der Waals surface area (Å²) in [5, 5.41) is 3.32. The van der Waals surface area contributed by atoms with Gasteiger partial charge in [0.1, 0.15) is 5.82 Å². The molecule has 2 nitrogen and oxygen atoms in total. The summed E-state index contributed by atoms with van der Waals surface area (Å²) < 4.78 is 13.6. The van der Waals surface area contributed by atoms with Crippen LogP contribution in [0, 0.1) is 5.82 Å². The standard InChI is InChI=1S/C16H23FN2/c1-13(2)7-10-19-11-8-14(9-12-19)18-16-6-4-3-5-15(16)17/h3-7,14,18H,8-12H2,1-2H3. The second-order valence-corrected chi connectivity index (χ2v) is 5.48. The van der Waals surface area contributed by atoms with Crippen LogP contribution in [0.25, 0.3) is 0 Å². The summed E-state index contributed by atoms with van der Waals surface area (Å²) in [6, 6.07) is 7.30. The van der Waals surface area contributed by atoms with Gasteiger partial charge in [-0.05, 0) is 38.8 Å². The summed E-state index contributed by atoms with van der Waals surface area (Å²) in [6.45, 7) is 7.46. The number of nitrogens with zero attached hydrogens (tertiary/aromatic N) is 1. The lowest BCUT2D eigenvalue weighted by Gasteiger charge is -2.32. The normalized spacial score (nSPS) is 17.2. The van der Waals surface area contributed by atoms with Crippen LogP contribution >= 0.6 is 0 Å². The highest BCUT2D eigenvalue weighted by Crippen LogP contribution is 2.19. The van der Waals surface area contributed by atoms with Gasteiger partial charge in [0.15, 0.2) is 0 Å². The molecule has 1 aromatic rings. The van der Waals surface area contributed by atoms with Gasteiger partial charge >= 0.3 is 0 Å². The van der Waals surface area contributed by atoms with Gasteiger partial charge in [0.25, 0.3) is 0 Å². The molecule has 1 N–H and O–H groups in total. The molecule has 0 aliphatic carbocycles. The second-order valence-electron chi connectivity index (χ2n) is 5.48. The minimum Gasteiger partial charge on any atom is -0.380 e. The molecule has 0 aromatic heterocycles. The fourth-order valence-electron chi connectivity index (χ4n) is 2.37. The van der Waals surface area contributed by atoms with Gasteiger partial charge in [-0.2, -0.15) is 0 Å². The van der Waals surface area contributed by atoms with E-state index in [1.807, 2.05) is 12.1 Å². The monoisotopic (exact) mass is 262 g/mol. The highest BCUT2D eigenvalue weighted by atomic mass is 19.1. The van der Waals surface area contributed by atoms with Crippen LogP contribution in [0.1, 0.15) is 26.7 Å². The topological polar surface area (TPSA) is 15.3 Å². The molecule has 0 unspecified atom stereocenters. The average Bonchev–Trinajstić information content (AvgIpc) is 2.40. The summed E-state index contributed by atoms with van der Waals surface area (Å²) in [6.07, 6.45) is 4.42. The number of benzene rings is 1. The molecule has 3 heteroatoms. The molecular weight excluding hydrogens is 239 g/mol. The zero-order chi connectivity index (χ0) is 13.7. The van der Waals surface area contributed by atoms with Gasteiger partial charge in [-0.1, -0.05) is 23.8 Å². The van der Waals surface area contributed by atoms with Crippen LogP contribution in [0.15, 0.2) is 35.9 Å². The Balaban J connectivity index is 1.81. The number of hydrogen-bond donors (Lipinski definition) is 1. The lowest BCUT2D eigenvalue weighted by molar-refractivity contribution is 0.239. The summed E-state index contributed by atoms with van der Waals surface area (Å²) in [7, 11) is 0. The maximum atomic E-state index is 13.6. The maximum Gasteiger partial charge on any atom is 0.146 e. The average molecular weight is 262 g/mol. The van der Waals surface area contributed by atoms with Crippen molar-refractivity contribution in [1.29, 1.82) is 0 Å². The first-order valence-electron chi connectivity index (χ1n) is 7.02. The largest absolute Gasteiger partial charge is 0.380 e. The Hall–Kier alpha value is -1.35. The highest BCUT2D eigenvalue weighted by Gasteiger charge is 2.18. The molecule has 1 saturated heterocycles. The maximum absolute atomic E-state index is 13.6. The molecule has 2 rings (SSSR count). The van der Waals surface area contributed by atoms with Crippen molar-refractivity contribution in [3.63, 3.8) is 0 Å². The van der Waals surface area contributed by atoms with Crippen LogP contribution in [-0.2, 0) is 0 Å². The molecule has 0 radical (unpaired) electrons. The molecule has 0 atom stereocenters. The van der Waals surface area contributed by atoms with Crippen LogP contribution in [0.2, 0.25) is 0 Å². The number of halogens is 1. The Morgan fingerprint density at radius 3 is 2.63 bits per heavy atom. The van der Waals surface area contributed by atoms with Crippen molar-refractivity contribution < 1.29 is 4.39 Å². The van der Waals surface area contributed by atoms with E-state index in [0.717, 1.165) is 32.5 Å². The third-order valence-electron chi connectivity index (χ3n) is 3.58. The number of hydrogen-bond acceptors (Lipinski definition) is 2. The van der Waals surface area contributed by atoms with E-state index >= 15 is 0 Å². The zero-order valence-electron chi connectivity index (χ0n) is 11.8. The highest BCUT2D eigenvalue weighted by molar-refractivity contribution is 5.45. The predicted octanol–water partition coefficient (Wildman–Crippen LogP) is 3.67. The van der Waals surface area contributed by atoms with Crippen LogP contribution in [0.3, 0.4) is 0 Å². The predicted molar refractivity (Wildman–Crippen MR) is 78.9 cm³/mol. The van der Waals surface area contributed by atoms with E-state index in [2.05, 4.69) is 30.1 Å². The van der Waals surface area contributed by atoms with Crippen LogP contribution < -0.4 is 5.32 Å². The number of allylic oxidation sites excluding steroid dienone is 1. The minimum atomic E-state index is -0.158. The van der Waals surface area contributed by atoms with E-state index in [1.54, 1.807) is 6.07 Å².